The Kier molecular flexibility index (Phi) is 3.69. The highest BCUT2D eigenvalue weighted by molar-refractivity contribution is 6.09. The van der Waals surface area contributed by atoms with Crippen LogP contribution < -0.4 is 5.73 Å². The Morgan fingerprint density at radius 3 is 2.58 bits per heavy atom. The number of phenols is 1. The zero-order chi connectivity index (χ0) is 18.3. The maximum absolute atomic E-state index is 12.5. The maximum Gasteiger partial charge on any atom is 0.344 e. The molecule has 7 heteroatoms. The lowest BCUT2D eigenvalue weighted by Crippen LogP contribution is -2.09. The summed E-state index contributed by atoms with van der Waals surface area (Å²) >= 11 is 0. The molecule has 2 aromatic carbocycles. The first kappa shape index (κ1) is 15.9. The van der Waals surface area contributed by atoms with E-state index in [0.29, 0.717) is 27.9 Å². The number of phenolic OH excluding ortho intramolecular Hbond substituents is 1. The number of nitrogen functional groups attached to an aromatic ring is 1. The molecule has 0 bridgehead atoms. The molecule has 0 saturated carbocycles. The molecule has 0 amide bonds. The van der Waals surface area contributed by atoms with Crippen LogP contribution in [0.5, 0.6) is 5.75 Å². The normalized spacial score (nSPS) is 11.1. The van der Waals surface area contributed by atoms with Crippen LogP contribution in [0.3, 0.4) is 0 Å². The van der Waals surface area contributed by atoms with Crippen LogP contribution in [0.15, 0.2) is 48.5 Å². The predicted octanol–water partition coefficient (Wildman–Crippen LogP) is 3.04. The highest BCUT2D eigenvalue weighted by Gasteiger charge is 2.25. The van der Waals surface area contributed by atoms with Crippen LogP contribution in [-0.4, -0.2) is 32.2 Å². The Morgan fingerprint density at radius 1 is 1.15 bits per heavy atom. The number of aromatic hydroxyl groups is 1. The summed E-state index contributed by atoms with van der Waals surface area (Å²) in [5, 5.41) is 9.83. The van der Waals surface area contributed by atoms with Gasteiger partial charge >= 0.3 is 5.97 Å². The predicted molar refractivity (Wildman–Crippen MR) is 98.4 cm³/mol. The summed E-state index contributed by atoms with van der Waals surface area (Å²) in [5.74, 6) is -0.312. The summed E-state index contributed by atoms with van der Waals surface area (Å²) in [6, 6.07) is 13.9. The molecule has 0 unspecified atom stereocenters. The first-order valence-electron chi connectivity index (χ1n) is 8.13. The van der Waals surface area contributed by atoms with Gasteiger partial charge in [0.2, 0.25) is 0 Å². The molecular formula is C19H16N4O3. The van der Waals surface area contributed by atoms with Crippen LogP contribution in [0.1, 0.15) is 17.3 Å². The van der Waals surface area contributed by atoms with Gasteiger partial charge in [0.05, 0.1) is 23.3 Å². The Hall–Kier alpha value is -3.61. The van der Waals surface area contributed by atoms with Gasteiger partial charge in [-0.2, -0.15) is 0 Å². The van der Waals surface area contributed by atoms with E-state index < -0.39 is 5.97 Å². The van der Waals surface area contributed by atoms with Crippen molar-refractivity contribution in [2.75, 3.05) is 12.3 Å². The van der Waals surface area contributed by atoms with E-state index in [1.165, 1.54) is 0 Å². The number of nitrogens with two attached hydrogens (primary N) is 1. The molecule has 3 N–H and O–H groups in total. The van der Waals surface area contributed by atoms with Crippen molar-refractivity contribution in [3.63, 3.8) is 0 Å². The molecular weight excluding hydrogens is 332 g/mol. The number of carbonyl (C=O) groups excluding carboxylic acids is 1. The van der Waals surface area contributed by atoms with Gasteiger partial charge in [0.1, 0.15) is 22.6 Å². The Labute approximate surface area is 148 Å². The van der Waals surface area contributed by atoms with Crippen molar-refractivity contribution in [2.24, 2.45) is 0 Å². The fourth-order valence-corrected chi connectivity index (χ4v) is 2.96. The largest absolute Gasteiger partial charge is 0.508 e. The van der Waals surface area contributed by atoms with E-state index in [9.17, 15) is 9.90 Å². The lowest BCUT2D eigenvalue weighted by molar-refractivity contribution is 0.0529. The van der Waals surface area contributed by atoms with Crippen LogP contribution in [-0.2, 0) is 4.74 Å². The van der Waals surface area contributed by atoms with Gasteiger partial charge in [0.15, 0.2) is 5.65 Å². The quantitative estimate of drug-likeness (QED) is 0.552. The molecule has 7 nitrogen and oxygen atoms in total. The lowest BCUT2D eigenvalue weighted by atomic mass is 10.2. The number of hydrogen-bond acceptors (Lipinski definition) is 6. The molecule has 0 aliphatic rings. The van der Waals surface area contributed by atoms with E-state index >= 15 is 0 Å². The number of rotatable bonds is 3. The molecule has 0 spiro atoms. The van der Waals surface area contributed by atoms with Gasteiger partial charge < -0.3 is 15.6 Å². The van der Waals surface area contributed by atoms with Crippen LogP contribution in [0, 0.1) is 0 Å². The van der Waals surface area contributed by atoms with Crippen molar-refractivity contribution in [3.8, 4) is 11.4 Å². The average Bonchev–Trinajstić information content (AvgIpc) is 2.90. The molecule has 0 radical (unpaired) electrons. The minimum Gasteiger partial charge on any atom is -0.508 e. The molecule has 0 fully saturated rings. The third-order valence-corrected chi connectivity index (χ3v) is 4.07. The Morgan fingerprint density at radius 2 is 1.88 bits per heavy atom. The number of ether oxygens (including phenoxy) is 1. The number of benzene rings is 2. The highest BCUT2D eigenvalue weighted by Crippen LogP contribution is 2.32. The Balaban J connectivity index is 2.11. The average molecular weight is 348 g/mol. The number of anilines is 1. The fraction of sp³-hybridized carbons (Fsp3) is 0.105. The summed E-state index contributed by atoms with van der Waals surface area (Å²) < 4.78 is 6.75. The van der Waals surface area contributed by atoms with E-state index in [1.807, 2.05) is 24.3 Å². The number of esters is 1. The first-order valence-corrected chi connectivity index (χ1v) is 8.13. The second kappa shape index (κ2) is 6.03. The minimum absolute atomic E-state index is 0.0789. The van der Waals surface area contributed by atoms with Gasteiger partial charge in [-0.05, 0) is 31.2 Å². The first-order chi connectivity index (χ1) is 12.6. The van der Waals surface area contributed by atoms with Crippen LogP contribution in [0.4, 0.5) is 5.82 Å². The van der Waals surface area contributed by atoms with E-state index in [4.69, 9.17) is 10.5 Å². The fourth-order valence-electron chi connectivity index (χ4n) is 2.96. The lowest BCUT2D eigenvalue weighted by Gasteiger charge is -2.08. The standard InChI is InChI=1S/C19H16N4O3/c1-2-26-19(25)15-16-18(22-14-9-4-3-8-13(14)21-16)23(17(15)20)11-6-5-7-12(24)10-11/h3-10,24H,2,20H2,1H3. The third-order valence-electron chi connectivity index (χ3n) is 4.07. The van der Waals surface area contributed by atoms with Crippen molar-refractivity contribution >= 4 is 34.0 Å². The number of nitrogens with zero attached hydrogens (tertiary/aromatic N) is 3. The highest BCUT2D eigenvalue weighted by atomic mass is 16.5. The van der Waals surface area contributed by atoms with Gasteiger partial charge in [-0.1, -0.05) is 18.2 Å². The van der Waals surface area contributed by atoms with E-state index in [1.54, 1.807) is 35.8 Å². The molecule has 130 valence electrons. The van der Waals surface area contributed by atoms with Crippen molar-refractivity contribution in [1.29, 1.82) is 0 Å². The molecule has 2 aromatic heterocycles. The second-order valence-corrected chi connectivity index (χ2v) is 5.72. The molecule has 26 heavy (non-hydrogen) atoms. The summed E-state index contributed by atoms with van der Waals surface area (Å²) in [5.41, 5.74) is 9.16. The molecule has 0 aliphatic carbocycles. The van der Waals surface area contributed by atoms with Gasteiger partial charge in [0.25, 0.3) is 0 Å². The zero-order valence-corrected chi connectivity index (χ0v) is 14.0. The molecule has 0 aliphatic heterocycles. The van der Waals surface area contributed by atoms with Crippen LogP contribution in [0.25, 0.3) is 27.9 Å². The molecule has 4 rings (SSSR count). The van der Waals surface area contributed by atoms with Gasteiger partial charge in [-0.15, -0.1) is 0 Å². The van der Waals surface area contributed by atoms with Crippen molar-refractivity contribution < 1.29 is 14.6 Å². The molecule has 2 heterocycles. The molecule has 4 aromatic rings. The monoisotopic (exact) mass is 348 g/mol. The second-order valence-electron chi connectivity index (χ2n) is 5.72. The van der Waals surface area contributed by atoms with Crippen LogP contribution in [0.2, 0.25) is 0 Å². The number of carbonyl (C=O) groups is 1. The van der Waals surface area contributed by atoms with Gasteiger partial charge in [-0.25, -0.2) is 14.8 Å². The molecule has 0 saturated heterocycles. The van der Waals surface area contributed by atoms with Crippen molar-refractivity contribution in [1.82, 2.24) is 14.5 Å². The van der Waals surface area contributed by atoms with Crippen molar-refractivity contribution in [3.05, 3.63) is 54.1 Å². The van der Waals surface area contributed by atoms with E-state index in [0.717, 1.165) is 0 Å². The maximum atomic E-state index is 12.5. The van der Waals surface area contributed by atoms with Gasteiger partial charge in [0, 0.05) is 6.07 Å². The number of fused-ring (bicyclic) bond motifs is 2. The van der Waals surface area contributed by atoms with E-state index in [-0.39, 0.29) is 23.7 Å². The summed E-state index contributed by atoms with van der Waals surface area (Å²) in [6.07, 6.45) is 0. The number of aromatic nitrogens is 3. The zero-order valence-electron chi connectivity index (χ0n) is 14.0. The van der Waals surface area contributed by atoms with Crippen LogP contribution >= 0.6 is 0 Å². The Bertz CT molecular complexity index is 1150. The number of hydrogen-bond donors (Lipinski definition) is 2. The van der Waals surface area contributed by atoms with E-state index in [2.05, 4.69) is 9.97 Å². The number of para-hydroxylation sites is 2. The smallest absolute Gasteiger partial charge is 0.344 e. The summed E-state index contributed by atoms with van der Waals surface area (Å²) in [7, 11) is 0. The summed E-state index contributed by atoms with van der Waals surface area (Å²) in [6.45, 7) is 1.95. The van der Waals surface area contributed by atoms with Crippen molar-refractivity contribution in [2.45, 2.75) is 6.92 Å². The summed E-state index contributed by atoms with van der Waals surface area (Å²) in [4.78, 5) is 21.7. The minimum atomic E-state index is -0.557. The topological polar surface area (TPSA) is 103 Å². The van der Waals surface area contributed by atoms with Gasteiger partial charge in [-0.3, -0.25) is 4.57 Å². The SMILES string of the molecule is CCOC(=O)c1c(N)n(-c2cccc(O)c2)c2nc3ccccc3nc12. The molecule has 0 atom stereocenters. The third kappa shape index (κ3) is 2.41.